The molecule has 1 heteroatoms. The van der Waals surface area contributed by atoms with Crippen molar-refractivity contribution in [1.82, 2.24) is 0 Å². The molecule has 0 spiro atoms. The highest BCUT2D eigenvalue weighted by atomic mass is 16.0. The first-order chi connectivity index (χ1) is 7.00. The average molecular weight is 202 g/mol. The molecule has 0 atom stereocenters. The van der Waals surface area contributed by atoms with Crippen LogP contribution in [-0.4, -0.2) is 5.48 Å². The van der Waals surface area contributed by atoms with Crippen LogP contribution in [-0.2, 0) is 0 Å². The van der Waals surface area contributed by atoms with Crippen LogP contribution in [0.3, 0.4) is 0 Å². The highest BCUT2D eigenvalue weighted by molar-refractivity contribution is 5.16. The van der Waals surface area contributed by atoms with E-state index in [9.17, 15) is 0 Å². The fourth-order valence-corrected chi connectivity index (χ4v) is 1.04. The van der Waals surface area contributed by atoms with Gasteiger partial charge in [0.15, 0.2) is 0 Å². The topological polar surface area (TPSA) is 31.5 Å². The van der Waals surface area contributed by atoms with E-state index in [1.807, 2.05) is 24.3 Å². The highest BCUT2D eigenvalue weighted by Crippen LogP contribution is 1.92. The minimum absolute atomic E-state index is 0. The Bertz CT molecular complexity index is 241. The van der Waals surface area contributed by atoms with Gasteiger partial charge in [-0.05, 0) is 12.8 Å². The largest absolute Gasteiger partial charge is 0.412 e. The molecular weight excluding hydrogens is 184 g/mol. The predicted molar refractivity (Wildman–Crippen MR) is 67.7 cm³/mol. The molecule has 0 saturated carbocycles. The molecule has 0 fully saturated rings. The Balaban J connectivity index is 0.000000245. The molecule has 2 aliphatic rings. The summed E-state index contributed by atoms with van der Waals surface area (Å²) in [6, 6.07) is 0. The summed E-state index contributed by atoms with van der Waals surface area (Å²) in [7, 11) is 0. The normalized spacial score (nSPS) is 16.0. The number of allylic oxidation sites excluding steroid dienone is 12. The van der Waals surface area contributed by atoms with Crippen LogP contribution in [0.1, 0.15) is 12.8 Å². The predicted octanol–water partition coefficient (Wildman–Crippen LogP) is 3.29. The van der Waals surface area contributed by atoms with E-state index in [1.165, 1.54) is 0 Å². The second kappa shape index (κ2) is 10.5. The molecule has 2 aliphatic carbocycles. The molecule has 80 valence electrons. The van der Waals surface area contributed by atoms with Gasteiger partial charge in [-0.2, -0.15) is 0 Å². The van der Waals surface area contributed by atoms with Crippen LogP contribution in [0.2, 0.25) is 0 Å². The first kappa shape index (κ1) is 13.4. The lowest BCUT2D eigenvalue weighted by atomic mass is 10.4. The SMILES string of the molecule is C1=CC=CCC=C1.C1=CC=CCC=C1.O. The zero-order valence-corrected chi connectivity index (χ0v) is 8.84. The van der Waals surface area contributed by atoms with Crippen LogP contribution in [0.4, 0.5) is 0 Å². The molecule has 0 amide bonds. The van der Waals surface area contributed by atoms with Gasteiger partial charge in [-0.15, -0.1) is 0 Å². The van der Waals surface area contributed by atoms with E-state index in [-0.39, 0.29) is 5.48 Å². The van der Waals surface area contributed by atoms with Gasteiger partial charge in [0.1, 0.15) is 0 Å². The molecule has 15 heavy (non-hydrogen) atoms. The van der Waals surface area contributed by atoms with Gasteiger partial charge < -0.3 is 5.48 Å². The Morgan fingerprint density at radius 1 is 0.400 bits per heavy atom. The van der Waals surface area contributed by atoms with Gasteiger partial charge in [-0.25, -0.2) is 0 Å². The first-order valence-electron chi connectivity index (χ1n) is 4.97. The molecule has 0 aromatic rings. The van der Waals surface area contributed by atoms with E-state index in [0.717, 1.165) is 12.8 Å². The molecule has 0 heterocycles. The molecule has 0 bridgehead atoms. The summed E-state index contributed by atoms with van der Waals surface area (Å²) in [5.41, 5.74) is 0. The Kier molecular flexibility index (Phi) is 9.36. The van der Waals surface area contributed by atoms with Crippen molar-refractivity contribution in [2.75, 3.05) is 0 Å². The van der Waals surface area contributed by atoms with Gasteiger partial charge in [0.25, 0.3) is 0 Å². The zero-order chi connectivity index (χ0) is 9.90. The maximum atomic E-state index is 2.12. The Labute approximate surface area is 91.8 Å². The zero-order valence-electron chi connectivity index (χ0n) is 8.84. The number of hydrogen-bond donors (Lipinski definition) is 0. The number of hydrogen-bond acceptors (Lipinski definition) is 0. The summed E-state index contributed by atoms with van der Waals surface area (Å²) in [6.45, 7) is 0. The lowest BCUT2D eigenvalue weighted by Crippen LogP contribution is -1.48. The monoisotopic (exact) mass is 202 g/mol. The van der Waals surface area contributed by atoms with Gasteiger partial charge in [-0.3, -0.25) is 0 Å². The van der Waals surface area contributed by atoms with Crippen molar-refractivity contribution in [3.63, 3.8) is 0 Å². The standard InChI is InChI=1S/2C7H8.H2O/c2*1-2-4-6-7-5-3-1;/h2*1-6H,7H2;1H2. The van der Waals surface area contributed by atoms with Crippen LogP contribution in [0.5, 0.6) is 0 Å². The maximum absolute atomic E-state index is 2.12. The maximum Gasteiger partial charge on any atom is -0.0163 e. The van der Waals surface area contributed by atoms with Crippen molar-refractivity contribution >= 4 is 0 Å². The van der Waals surface area contributed by atoms with Gasteiger partial charge in [0, 0.05) is 0 Å². The van der Waals surface area contributed by atoms with Crippen LogP contribution < -0.4 is 0 Å². The van der Waals surface area contributed by atoms with Crippen LogP contribution in [0, 0.1) is 0 Å². The van der Waals surface area contributed by atoms with Gasteiger partial charge in [-0.1, -0.05) is 72.9 Å². The second-order valence-corrected chi connectivity index (χ2v) is 2.95. The van der Waals surface area contributed by atoms with E-state index < -0.39 is 0 Å². The summed E-state index contributed by atoms with van der Waals surface area (Å²) in [6.07, 6.45) is 27.0. The summed E-state index contributed by atoms with van der Waals surface area (Å²) in [5, 5.41) is 0. The van der Waals surface area contributed by atoms with Crippen LogP contribution in [0.25, 0.3) is 0 Å². The average Bonchev–Trinajstić information content (AvgIpc) is 2.68. The van der Waals surface area contributed by atoms with Crippen LogP contribution in [0.15, 0.2) is 72.9 Å². The number of rotatable bonds is 0. The van der Waals surface area contributed by atoms with Crippen molar-refractivity contribution in [1.29, 1.82) is 0 Å². The van der Waals surface area contributed by atoms with Crippen molar-refractivity contribution in [2.24, 2.45) is 0 Å². The molecule has 0 aromatic heterocycles. The fourth-order valence-electron chi connectivity index (χ4n) is 1.04. The third kappa shape index (κ3) is 8.72. The molecule has 0 radical (unpaired) electrons. The molecule has 0 saturated heterocycles. The van der Waals surface area contributed by atoms with Crippen LogP contribution >= 0.6 is 0 Å². The van der Waals surface area contributed by atoms with E-state index in [2.05, 4.69) is 48.6 Å². The Hall–Kier alpha value is -1.60. The quantitative estimate of drug-likeness (QED) is 0.577. The summed E-state index contributed by atoms with van der Waals surface area (Å²) in [5.74, 6) is 0. The fraction of sp³-hybridized carbons (Fsp3) is 0.143. The summed E-state index contributed by atoms with van der Waals surface area (Å²) >= 11 is 0. The van der Waals surface area contributed by atoms with E-state index in [1.54, 1.807) is 0 Å². The van der Waals surface area contributed by atoms with E-state index >= 15 is 0 Å². The van der Waals surface area contributed by atoms with Gasteiger partial charge in [0.2, 0.25) is 0 Å². The second-order valence-electron chi connectivity index (χ2n) is 2.95. The Morgan fingerprint density at radius 2 is 0.667 bits per heavy atom. The van der Waals surface area contributed by atoms with Crippen molar-refractivity contribution < 1.29 is 5.48 Å². The van der Waals surface area contributed by atoms with Gasteiger partial charge >= 0.3 is 0 Å². The molecule has 0 aliphatic heterocycles. The molecular formula is C14H18O. The van der Waals surface area contributed by atoms with Crippen molar-refractivity contribution in [2.45, 2.75) is 12.8 Å². The third-order valence-electron chi connectivity index (χ3n) is 1.76. The molecule has 0 unspecified atom stereocenters. The summed E-state index contributed by atoms with van der Waals surface area (Å²) < 4.78 is 0. The lowest BCUT2D eigenvalue weighted by molar-refractivity contribution is 0.824. The molecule has 2 rings (SSSR count). The van der Waals surface area contributed by atoms with E-state index in [0.29, 0.717) is 0 Å². The minimum atomic E-state index is 0. The van der Waals surface area contributed by atoms with E-state index in [4.69, 9.17) is 0 Å². The summed E-state index contributed by atoms with van der Waals surface area (Å²) in [4.78, 5) is 0. The van der Waals surface area contributed by atoms with Crippen molar-refractivity contribution in [3.05, 3.63) is 72.9 Å². The molecule has 2 N–H and O–H groups in total. The third-order valence-corrected chi connectivity index (χ3v) is 1.76. The van der Waals surface area contributed by atoms with Crippen molar-refractivity contribution in [3.8, 4) is 0 Å². The smallest absolute Gasteiger partial charge is 0.0163 e. The van der Waals surface area contributed by atoms with Gasteiger partial charge in [0.05, 0.1) is 0 Å². The first-order valence-corrected chi connectivity index (χ1v) is 4.97. The molecule has 1 nitrogen and oxygen atoms in total. The molecule has 0 aromatic carbocycles. The minimum Gasteiger partial charge on any atom is -0.412 e. The Morgan fingerprint density at radius 3 is 0.933 bits per heavy atom. The highest BCUT2D eigenvalue weighted by Gasteiger charge is 1.71. The lowest BCUT2D eigenvalue weighted by Gasteiger charge is -1.69.